The monoisotopic (exact) mass is 354 g/mol. The summed E-state index contributed by atoms with van der Waals surface area (Å²) in [7, 11) is 0. The van der Waals surface area contributed by atoms with E-state index in [-0.39, 0.29) is 0 Å². The Morgan fingerprint density at radius 1 is 1.24 bits per heavy atom. The van der Waals surface area contributed by atoms with Gasteiger partial charge in [0.15, 0.2) is 6.17 Å². The normalized spacial score (nSPS) is 30.2. The molecular formula is C18H27FN2O4. The maximum absolute atomic E-state index is 14.6. The minimum Gasteiger partial charge on any atom is -0.395 e. The Kier molecular flexibility index (Phi) is 7.31. The number of carbonyl (C=O) groups excluding carboxylic acids is 1. The quantitative estimate of drug-likeness (QED) is 0.547. The average molecular weight is 354 g/mol. The number of benzene rings is 1. The average Bonchev–Trinajstić information content (AvgIpc) is 2.61. The van der Waals surface area contributed by atoms with Gasteiger partial charge in [0.1, 0.15) is 18.2 Å². The molecule has 0 saturated carbocycles. The van der Waals surface area contributed by atoms with Crippen LogP contribution in [0.1, 0.15) is 18.9 Å². The SMILES string of the molecule is CCNC(=O)C1C(F)C(O)C(O)C(CO)N1CCCc1ccccc1. The summed E-state index contributed by atoms with van der Waals surface area (Å²) >= 11 is 0. The Labute approximate surface area is 147 Å². The number of nitrogens with zero attached hydrogens (tertiary/aromatic N) is 1. The molecule has 0 radical (unpaired) electrons. The van der Waals surface area contributed by atoms with Gasteiger partial charge in [0.05, 0.1) is 12.6 Å². The van der Waals surface area contributed by atoms with Crippen LogP contribution in [0, 0.1) is 0 Å². The second-order valence-electron chi connectivity index (χ2n) is 6.34. The summed E-state index contributed by atoms with van der Waals surface area (Å²) < 4.78 is 14.6. The third-order valence-corrected chi connectivity index (χ3v) is 4.69. The van der Waals surface area contributed by atoms with Gasteiger partial charge >= 0.3 is 0 Å². The summed E-state index contributed by atoms with van der Waals surface area (Å²) in [5, 5.41) is 32.2. The van der Waals surface area contributed by atoms with E-state index < -0.39 is 43.0 Å². The van der Waals surface area contributed by atoms with Crippen LogP contribution in [0.3, 0.4) is 0 Å². The second-order valence-corrected chi connectivity index (χ2v) is 6.34. The minimum atomic E-state index is -1.92. The number of carbonyl (C=O) groups is 1. The molecule has 1 aromatic carbocycles. The fraction of sp³-hybridized carbons (Fsp3) is 0.611. The molecule has 2 rings (SSSR count). The molecule has 6 nitrogen and oxygen atoms in total. The van der Waals surface area contributed by atoms with E-state index in [1.165, 1.54) is 4.90 Å². The highest BCUT2D eigenvalue weighted by Crippen LogP contribution is 2.27. The Morgan fingerprint density at radius 2 is 1.92 bits per heavy atom. The number of likely N-dealkylation sites (N-methyl/N-ethyl adjacent to an activating group) is 1. The molecule has 7 heteroatoms. The van der Waals surface area contributed by atoms with E-state index in [2.05, 4.69) is 5.32 Å². The summed E-state index contributed by atoms with van der Waals surface area (Å²) in [6, 6.07) is 7.64. The van der Waals surface area contributed by atoms with E-state index in [4.69, 9.17) is 0 Å². The van der Waals surface area contributed by atoms with Crippen molar-refractivity contribution >= 4 is 5.91 Å². The predicted octanol–water partition coefficient (Wildman–Crippen LogP) is -0.140. The molecule has 1 fully saturated rings. The third kappa shape index (κ3) is 4.55. The van der Waals surface area contributed by atoms with Gasteiger partial charge in [-0.3, -0.25) is 9.69 Å². The smallest absolute Gasteiger partial charge is 0.240 e. The number of aryl methyl sites for hydroxylation is 1. The highest BCUT2D eigenvalue weighted by Gasteiger charge is 2.50. The second kappa shape index (κ2) is 9.24. The van der Waals surface area contributed by atoms with E-state index in [0.29, 0.717) is 19.5 Å². The highest BCUT2D eigenvalue weighted by atomic mass is 19.1. The molecule has 25 heavy (non-hydrogen) atoms. The summed E-state index contributed by atoms with van der Waals surface area (Å²) in [5.74, 6) is -0.542. The van der Waals surface area contributed by atoms with Crippen LogP contribution in [0.4, 0.5) is 4.39 Å². The summed E-state index contributed by atoms with van der Waals surface area (Å²) in [6.07, 6.45) is -3.70. The first-order chi connectivity index (χ1) is 12.0. The first kappa shape index (κ1) is 19.8. The largest absolute Gasteiger partial charge is 0.395 e. The molecule has 1 amide bonds. The van der Waals surface area contributed by atoms with Gasteiger partial charge in [-0.15, -0.1) is 0 Å². The topological polar surface area (TPSA) is 93.0 Å². The maximum Gasteiger partial charge on any atom is 0.240 e. The molecule has 4 N–H and O–H groups in total. The van der Waals surface area contributed by atoms with E-state index in [9.17, 15) is 24.5 Å². The maximum atomic E-state index is 14.6. The summed E-state index contributed by atoms with van der Waals surface area (Å²) in [5.41, 5.74) is 1.12. The van der Waals surface area contributed by atoms with Gasteiger partial charge in [-0.05, 0) is 31.9 Å². The van der Waals surface area contributed by atoms with Crippen molar-refractivity contribution in [2.24, 2.45) is 0 Å². The fourth-order valence-corrected chi connectivity index (χ4v) is 3.39. The third-order valence-electron chi connectivity index (χ3n) is 4.69. The van der Waals surface area contributed by atoms with Crippen molar-refractivity contribution in [3.63, 3.8) is 0 Å². The van der Waals surface area contributed by atoms with Crippen LogP contribution in [0.25, 0.3) is 0 Å². The standard InChI is InChI=1S/C18H27FN2O4/c1-2-20-18(25)15-14(19)17(24)16(23)13(11-22)21(15)10-6-9-12-7-4-3-5-8-12/h3-5,7-8,13-17,22-24H,2,6,9-11H2,1H3,(H,20,25). The van der Waals surface area contributed by atoms with Crippen molar-refractivity contribution in [2.75, 3.05) is 19.7 Å². The zero-order valence-electron chi connectivity index (χ0n) is 14.4. The molecular weight excluding hydrogens is 327 g/mol. The summed E-state index contributed by atoms with van der Waals surface area (Å²) in [4.78, 5) is 13.8. The molecule has 1 aromatic rings. The van der Waals surface area contributed by atoms with Crippen LogP contribution in [-0.2, 0) is 11.2 Å². The lowest BCUT2D eigenvalue weighted by Gasteiger charge is -2.47. The van der Waals surface area contributed by atoms with E-state index in [0.717, 1.165) is 12.0 Å². The van der Waals surface area contributed by atoms with Crippen LogP contribution < -0.4 is 5.32 Å². The number of alkyl halides is 1. The lowest BCUT2D eigenvalue weighted by molar-refractivity contribution is -0.164. The number of piperidine rings is 1. The molecule has 0 spiro atoms. The number of hydrogen-bond acceptors (Lipinski definition) is 5. The lowest BCUT2D eigenvalue weighted by Crippen LogP contribution is -2.69. The van der Waals surface area contributed by atoms with Crippen LogP contribution in [-0.4, -0.2) is 76.3 Å². The molecule has 0 aliphatic carbocycles. The number of nitrogens with one attached hydrogen (secondary N) is 1. The number of aliphatic hydroxyl groups excluding tert-OH is 3. The molecule has 1 saturated heterocycles. The van der Waals surface area contributed by atoms with E-state index >= 15 is 0 Å². The number of rotatable bonds is 7. The van der Waals surface area contributed by atoms with Crippen LogP contribution in [0.2, 0.25) is 0 Å². The van der Waals surface area contributed by atoms with Crippen molar-refractivity contribution in [2.45, 2.75) is 50.2 Å². The lowest BCUT2D eigenvalue weighted by atomic mass is 9.88. The molecule has 1 heterocycles. The zero-order valence-corrected chi connectivity index (χ0v) is 14.4. The van der Waals surface area contributed by atoms with E-state index in [1.54, 1.807) is 6.92 Å². The van der Waals surface area contributed by atoms with Crippen molar-refractivity contribution < 1.29 is 24.5 Å². The Bertz CT molecular complexity index is 545. The number of likely N-dealkylation sites (tertiary alicyclic amines) is 1. The first-order valence-electron chi connectivity index (χ1n) is 8.69. The molecule has 1 aliphatic heterocycles. The Hall–Kier alpha value is -1.54. The molecule has 0 bridgehead atoms. The fourth-order valence-electron chi connectivity index (χ4n) is 3.39. The van der Waals surface area contributed by atoms with Gasteiger partial charge in [0, 0.05) is 6.54 Å². The molecule has 0 aromatic heterocycles. The molecule has 5 atom stereocenters. The first-order valence-corrected chi connectivity index (χ1v) is 8.69. The van der Waals surface area contributed by atoms with Gasteiger partial charge < -0.3 is 20.6 Å². The number of amides is 1. The van der Waals surface area contributed by atoms with Crippen LogP contribution in [0.15, 0.2) is 30.3 Å². The number of hydrogen-bond donors (Lipinski definition) is 4. The van der Waals surface area contributed by atoms with Crippen LogP contribution in [0.5, 0.6) is 0 Å². The molecule has 1 aliphatic rings. The molecule has 5 unspecified atom stereocenters. The van der Waals surface area contributed by atoms with Crippen LogP contribution >= 0.6 is 0 Å². The van der Waals surface area contributed by atoms with Crippen molar-refractivity contribution in [1.82, 2.24) is 10.2 Å². The molecule has 140 valence electrons. The van der Waals surface area contributed by atoms with Crippen molar-refractivity contribution in [1.29, 1.82) is 0 Å². The minimum absolute atomic E-state index is 0.326. The van der Waals surface area contributed by atoms with E-state index in [1.807, 2.05) is 30.3 Å². The summed E-state index contributed by atoms with van der Waals surface area (Å²) in [6.45, 7) is 1.92. The van der Waals surface area contributed by atoms with Crippen molar-refractivity contribution in [3.05, 3.63) is 35.9 Å². The van der Waals surface area contributed by atoms with Gasteiger partial charge in [0.2, 0.25) is 5.91 Å². The van der Waals surface area contributed by atoms with Gasteiger partial charge in [-0.25, -0.2) is 4.39 Å². The highest BCUT2D eigenvalue weighted by molar-refractivity contribution is 5.82. The Morgan fingerprint density at radius 3 is 2.52 bits per heavy atom. The van der Waals surface area contributed by atoms with Gasteiger partial charge in [-0.2, -0.15) is 0 Å². The predicted molar refractivity (Wildman–Crippen MR) is 91.7 cm³/mol. The van der Waals surface area contributed by atoms with Gasteiger partial charge in [-0.1, -0.05) is 30.3 Å². The number of halogens is 1. The van der Waals surface area contributed by atoms with Crippen molar-refractivity contribution in [3.8, 4) is 0 Å². The Balaban J connectivity index is 2.13. The van der Waals surface area contributed by atoms with Gasteiger partial charge in [0.25, 0.3) is 0 Å². The number of aliphatic hydroxyl groups is 3. The zero-order chi connectivity index (χ0) is 18.4.